The third-order valence-corrected chi connectivity index (χ3v) is 7.09. The van der Waals surface area contributed by atoms with Gasteiger partial charge in [0.25, 0.3) is 5.91 Å². The minimum Gasteiger partial charge on any atom is -0.496 e. The lowest BCUT2D eigenvalue weighted by atomic mass is 9.93. The highest BCUT2D eigenvalue weighted by molar-refractivity contribution is 6.00. The molecule has 0 N–H and O–H groups in total. The molecule has 4 heterocycles. The first-order chi connectivity index (χ1) is 17.1. The number of pyridine rings is 1. The predicted octanol–water partition coefficient (Wildman–Crippen LogP) is 5.07. The number of aromatic nitrogens is 2. The summed E-state index contributed by atoms with van der Waals surface area (Å²) < 4.78 is 46.1. The largest absolute Gasteiger partial charge is 0.496 e. The van der Waals surface area contributed by atoms with E-state index in [1.165, 1.54) is 12.7 Å². The lowest BCUT2D eigenvalue weighted by Crippen LogP contribution is -2.43. The van der Waals surface area contributed by atoms with Gasteiger partial charge in [0.1, 0.15) is 12.3 Å². The Morgan fingerprint density at radius 2 is 1.92 bits per heavy atom. The third-order valence-electron chi connectivity index (χ3n) is 7.09. The van der Waals surface area contributed by atoms with Gasteiger partial charge in [-0.05, 0) is 67.2 Å². The number of hydrogen-bond donors (Lipinski definition) is 0. The van der Waals surface area contributed by atoms with Gasteiger partial charge < -0.3 is 9.64 Å². The number of hydrogen-bond acceptors (Lipinski definition) is 4. The first kappa shape index (κ1) is 24.4. The van der Waals surface area contributed by atoms with Gasteiger partial charge in [0.2, 0.25) is 0 Å². The third kappa shape index (κ3) is 4.59. The average molecular weight is 499 g/mol. The van der Waals surface area contributed by atoms with E-state index in [4.69, 9.17) is 4.74 Å². The van der Waals surface area contributed by atoms with Crippen LogP contribution in [0, 0.1) is 0 Å². The fourth-order valence-electron chi connectivity index (χ4n) is 5.12. The molecule has 2 aliphatic rings. The molecule has 0 saturated heterocycles. The number of alkyl halides is 3. The van der Waals surface area contributed by atoms with Gasteiger partial charge in [-0.25, -0.2) is 4.52 Å². The van der Waals surface area contributed by atoms with Crippen LogP contribution in [0.25, 0.3) is 22.2 Å². The summed E-state index contributed by atoms with van der Waals surface area (Å²) in [6, 6.07) is 8.25. The molecule has 0 unspecified atom stereocenters. The lowest BCUT2D eigenvalue weighted by Gasteiger charge is -2.30. The highest BCUT2D eigenvalue weighted by Crippen LogP contribution is 2.36. The molecule has 9 heteroatoms. The number of nitrogens with zero attached hydrogens (tertiary/aromatic N) is 4. The number of carbonyl (C=O) groups is 1. The summed E-state index contributed by atoms with van der Waals surface area (Å²) in [5.74, 6) is -0.379. The Balaban J connectivity index is 1.46. The molecule has 6 nitrogen and oxygen atoms in total. The number of fused-ring (bicyclic) bond motifs is 2. The van der Waals surface area contributed by atoms with Crippen molar-refractivity contribution in [1.29, 1.82) is 0 Å². The molecule has 1 aromatic carbocycles. The van der Waals surface area contributed by atoms with Crippen LogP contribution in [0.5, 0.6) is 5.75 Å². The monoisotopic (exact) mass is 498 g/mol. The molecule has 0 saturated carbocycles. The number of halogens is 3. The van der Waals surface area contributed by atoms with Crippen molar-refractivity contribution >= 4 is 17.0 Å². The maximum atomic E-state index is 12.9. The Hall–Kier alpha value is -3.33. The number of amides is 1. The van der Waals surface area contributed by atoms with Crippen LogP contribution in [0.15, 0.2) is 42.7 Å². The van der Waals surface area contributed by atoms with E-state index >= 15 is 0 Å². The Morgan fingerprint density at radius 1 is 1.11 bits per heavy atom. The summed E-state index contributed by atoms with van der Waals surface area (Å²) in [5.41, 5.74) is 5.93. The maximum Gasteiger partial charge on any atom is 0.406 e. The van der Waals surface area contributed by atoms with Gasteiger partial charge >= 0.3 is 6.18 Å². The minimum absolute atomic E-state index is 0.0133. The van der Waals surface area contributed by atoms with E-state index in [1.54, 1.807) is 12.3 Å². The molecule has 0 bridgehead atoms. The predicted molar refractivity (Wildman–Crippen MR) is 132 cm³/mol. The molecule has 0 spiro atoms. The smallest absolute Gasteiger partial charge is 0.406 e. The van der Waals surface area contributed by atoms with Crippen LogP contribution < -0.4 is 4.74 Å². The van der Waals surface area contributed by atoms with Crippen molar-refractivity contribution in [3.05, 3.63) is 59.4 Å². The first-order valence-corrected chi connectivity index (χ1v) is 12.1. The molecule has 2 aliphatic heterocycles. The standard InChI is InChI=1S/C27H29F3N4O2/c1-17(2)32-9-6-18(7-10-32)20-4-5-23-22(14-31-34(23)15-20)21-12-19-8-11-33(16-27(28,29)30)26(35)25(19)24(13-21)36-3/h4-6,12-15,17H,7-11,16H2,1-3H3. The van der Waals surface area contributed by atoms with Gasteiger partial charge in [0.15, 0.2) is 0 Å². The topological polar surface area (TPSA) is 50.1 Å². The van der Waals surface area contributed by atoms with Gasteiger partial charge in [-0.1, -0.05) is 12.1 Å². The number of methoxy groups -OCH3 is 1. The molecule has 1 amide bonds. The van der Waals surface area contributed by atoms with E-state index in [1.807, 2.05) is 22.8 Å². The molecule has 3 aromatic rings. The van der Waals surface area contributed by atoms with Crippen molar-refractivity contribution in [3.63, 3.8) is 0 Å². The molecule has 190 valence electrons. The van der Waals surface area contributed by atoms with E-state index in [0.29, 0.717) is 18.0 Å². The van der Waals surface area contributed by atoms with Gasteiger partial charge in [-0.3, -0.25) is 9.69 Å². The van der Waals surface area contributed by atoms with Crippen LogP contribution >= 0.6 is 0 Å². The van der Waals surface area contributed by atoms with Crippen LogP contribution in [-0.2, 0) is 6.42 Å². The lowest BCUT2D eigenvalue weighted by molar-refractivity contribution is -0.141. The van der Waals surface area contributed by atoms with Gasteiger partial charge in [-0.2, -0.15) is 18.3 Å². The normalized spacial score (nSPS) is 17.0. The summed E-state index contributed by atoms with van der Waals surface area (Å²) in [4.78, 5) is 16.1. The zero-order chi connectivity index (χ0) is 25.6. The Bertz CT molecular complexity index is 1330. The second-order valence-corrected chi connectivity index (χ2v) is 9.68. The van der Waals surface area contributed by atoms with E-state index < -0.39 is 18.6 Å². The van der Waals surface area contributed by atoms with Crippen LogP contribution in [0.3, 0.4) is 0 Å². The summed E-state index contributed by atoms with van der Waals surface area (Å²) in [7, 11) is 1.43. The second kappa shape index (κ2) is 9.28. The van der Waals surface area contributed by atoms with Crippen molar-refractivity contribution < 1.29 is 22.7 Å². The molecule has 0 aliphatic carbocycles. The zero-order valence-corrected chi connectivity index (χ0v) is 20.6. The number of rotatable bonds is 5. The van der Waals surface area contributed by atoms with E-state index in [9.17, 15) is 18.0 Å². The fourth-order valence-corrected chi connectivity index (χ4v) is 5.12. The number of benzene rings is 1. The molecule has 36 heavy (non-hydrogen) atoms. The fraction of sp³-hybridized carbons (Fsp3) is 0.407. The molecule has 2 aromatic heterocycles. The SMILES string of the molecule is COc1cc(-c2cnn3cc(C4=CCN(C(C)C)CC4)ccc23)cc2c1C(=O)N(CC(F)(F)F)CC2. The van der Waals surface area contributed by atoms with E-state index in [-0.39, 0.29) is 17.9 Å². The summed E-state index contributed by atoms with van der Waals surface area (Å²) in [5, 5.41) is 4.57. The van der Waals surface area contributed by atoms with Gasteiger partial charge in [0.05, 0.1) is 24.4 Å². The van der Waals surface area contributed by atoms with Crippen molar-refractivity contribution in [1.82, 2.24) is 19.4 Å². The van der Waals surface area contributed by atoms with Gasteiger partial charge in [0, 0.05) is 37.4 Å². The van der Waals surface area contributed by atoms with Crippen LogP contribution in [0.1, 0.15) is 41.8 Å². The second-order valence-electron chi connectivity index (χ2n) is 9.68. The summed E-state index contributed by atoms with van der Waals surface area (Å²) in [6.07, 6.45) is 2.95. The van der Waals surface area contributed by atoms with E-state index in [2.05, 4.69) is 36.0 Å². The Labute approximate surface area is 207 Å². The highest BCUT2D eigenvalue weighted by Gasteiger charge is 2.37. The minimum atomic E-state index is -4.45. The molecule has 0 fully saturated rings. The molecule has 5 rings (SSSR count). The van der Waals surface area contributed by atoms with Crippen LogP contribution in [0.2, 0.25) is 0 Å². The average Bonchev–Trinajstić information content (AvgIpc) is 3.28. The molecule has 0 atom stereocenters. The highest BCUT2D eigenvalue weighted by atomic mass is 19.4. The van der Waals surface area contributed by atoms with Crippen molar-refractivity contribution in [2.24, 2.45) is 0 Å². The summed E-state index contributed by atoms with van der Waals surface area (Å²) >= 11 is 0. The zero-order valence-electron chi connectivity index (χ0n) is 20.6. The van der Waals surface area contributed by atoms with Crippen molar-refractivity contribution in [3.8, 4) is 16.9 Å². The van der Waals surface area contributed by atoms with E-state index in [0.717, 1.165) is 46.6 Å². The van der Waals surface area contributed by atoms with Crippen molar-refractivity contribution in [2.75, 3.05) is 33.3 Å². The Morgan fingerprint density at radius 3 is 2.58 bits per heavy atom. The Kier molecular flexibility index (Phi) is 6.28. The molecule has 0 radical (unpaired) electrons. The first-order valence-electron chi connectivity index (χ1n) is 12.1. The van der Waals surface area contributed by atoms with Gasteiger partial charge in [-0.15, -0.1) is 0 Å². The van der Waals surface area contributed by atoms with Crippen LogP contribution in [0.4, 0.5) is 13.2 Å². The quantitative estimate of drug-likeness (QED) is 0.493. The summed E-state index contributed by atoms with van der Waals surface area (Å²) in [6.45, 7) is 5.13. The number of carbonyl (C=O) groups excluding carboxylic acids is 1. The maximum absolute atomic E-state index is 12.9. The van der Waals surface area contributed by atoms with Crippen LogP contribution in [-0.4, -0.2) is 70.8 Å². The molecular formula is C27H29F3N4O2. The number of ether oxygens (including phenoxy) is 1. The van der Waals surface area contributed by atoms with Crippen molar-refractivity contribution in [2.45, 2.75) is 38.9 Å². The molecular weight excluding hydrogens is 469 g/mol.